The van der Waals surface area contributed by atoms with Crippen molar-refractivity contribution in [2.45, 2.75) is 38.9 Å². The fourth-order valence-electron chi connectivity index (χ4n) is 1.91. The highest BCUT2D eigenvalue weighted by atomic mass is 35.5. The number of halogens is 1. The number of pyridine rings is 1. The second-order valence-corrected chi connectivity index (χ2v) is 6.20. The number of hydrogen-bond acceptors (Lipinski definition) is 4. The highest BCUT2D eigenvalue weighted by molar-refractivity contribution is 6.63. The van der Waals surface area contributed by atoms with Crippen molar-refractivity contribution in [2.75, 3.05) is 7.05 Å². The predicted octanol–water partition coefficient (Wildman–Crippen LogP) is 1.39. The van der Waals surface area contributed by atoms with Crippen LogP contribution in [-0.4, -0.2) is 36.3 Å². The predicted molar refractivity (Wildman–Crippen MR) is 78.4 cm³/mol. The first-order chi connectivity index (χ1) is 9.18. The van der Waals surface area contributed by atoms with E-state index in [2.05, 4.69) is 10.3 Å². The molecule has 0 unspecified atom stereocenters. The van der Waals surface area contributed by atoms with Gasteiger partial charge in [0, 0.05) is 18.7 Å². The molecular weight excluding hydrogens is 278 g/mol. The normalized spacial score (nSPS) is 20.0. The van der Waals surface area contributed by atoms with Gasteiger partial charge in [0.1, 0.15) is 5.69 Å². The summed E-state index contributed by atoms with van der Waals surface area (Å²) in [6, 6.07) is 1.65. The molecule has 1 N–H and O–H groups in total. The van der Waals surface area contributed by atoms with E-state index in [9.17, 15) is 4.79 Å². The van der Waals surface area contributed by atoms with Crippen molar-refractivity contribution in [3.8, 4) is 0 Å². The van der Waals surface area contributed by atoms with E-state index in [0.29, 0.717) is 10.5 Å². The Labute approximate surface area is 124 Å². The molecule has 1 amide bonds. The van der Waals surface area contributed by atoms with Crippen LogP contribution in [0.15, 0.2) is 12.3 Å². The molecule has 0 spiro atoms. The lowest BCUT2D eigenvalue weighted by Crippen LogP contribution is -2.41. The highest BCUT2D eigenvalue weighted by Gasteiger charge is 2.52. The van der Waals surface area contributed by atoms with Crippen molar-refractivity contribution in [1.29, 1.82) is 0 Å². The summed E-state index contributed by atoms with van der Waals surface area (Å²) >= 11 is 5.98. The van der Waals surface area contributed by atoms with Gasteiger partial charge in [0.2, 0.25) is 0 Å². The third-order valence-corrected chi connectivity index (χ3v) is 4.04. The van der Waals surface area contributed by atoms with Crippen LogP contribution in [-0.2, 0) is 9.31 Å². The fourth-order valence-corrected chi connectivity index (χ4v) is 2.08. The van der Waals surface area contributed by atoms with Gasteiger partial charge in [0.15, 0.2) is 0 Å². The summed E-state index contributed by atoms with van der Waals surface area (Å²) < 4.78 is 11.9. The van der Waals surface area contributed by atoms with Crippen LogP contribution in [0.25, 0.3) is 0 Å². The molecule has 0 radical (unpaired) electrons. The molecule has 0 aliphatic carbocycles. The summed E-state index contributed by atoms with van der Waals surface area (Å²) in [6.07, 6.45) is 1.43. The fraction of sp³-hybridized carbons (Fsp3) is 0.538. The minimum absolute atomic E-state index is 0.260. The van der Waals surface area contributed by atoms with Gasteiger partial charge in [-0.05, 0) is 33.8 Å². The summed E-state index contributed by atoms with van der Waals surface area (Å²) in [6.45, 7) is 7.80. The molecule has 0 atom stereocenters. The second-order valence-electron chi connectivity index (χ2n) is 5.76. The third-order valence-electron chi connectivity index (χ3n) is 3.83. The van der Waals surface area contributed by atoms with E-state index < -0.39 is 18.3 Å². The second kappa shape index (κ2) is 5.02. The summed E-state index contributed by atoms with van der Waals surface area (Å²) in [7, 11) is 0.880. The molecule has 1 aromatic heterocycles. The lowest BCUT2D eigenvalue weighted by molar-refractivity contribution is 0.00578. The van der Waals surface area contributed by atoms with E-state index in [1.54, 1.807) is 13.1 Å². The molecule has 0 bridgehead atoms. The van der Waals surface area contributed by atoms with Gasteiger partial charge in [-0.3, -0.25) is 4.79 Å². The standard InChI is InChI=1S/C13H18BClN2O3/c1-12(2)13(3,4)20-14(19-12)9-6-8(15)7-17-10(9)11(18)16-5/h6-7H,1-5H3,(H,16,18). The van der Waals surface area contributed by atoms with Gasteiger partial charge in [-0.1, -0.05) is 11.6 Å². The van der Waals surface area contributed by atoms with Crippen LogP contribution in [0.3, 0.4) is 0 Å². The molecule has 1 saturated heterocycles. The monoisotopic (exact) mass is 296 g/mol. The van der Waals surface area contributed by atoms with Gasteiger partial charge in [0.05, 0.1) is 16.2 Å². The molecule has 2 rings (SSSR count). The molecular formula is C13H18BClN2O3. The summed E-state index contributed by atoms with van der Waals surface area (Å²) in [5.74, 6) is -0.300. The maximum absolute atomic E-state index is 11.9. The quantitative estimate of drug-likeness (QED) is 0.838. The summed E-state index contributed by atoms with van der Waals surface area (Å²) in [5.41, 5.74) is -0.175. The molecule has 5 nitrogen and oxygen atoms in total. The molecule has 1 fully saturated rings. The number of carbonyl (C=O) groups is 1. The van der Waals surface area contributed by atoms with Crippen molar-refractivity contribution < 1.29 is 14.1 Å². The van der Waals surface area contributed by atoms with Crippen LogP contribution in [0, 0.1) is 0 Å². The van der Waals surface area contributed by atoms with Crippen molar-refractivity contribution in [1.82, 2.24) is 10.3 Å². The molecule has 7 heteroatoms. The SMILES string of the molecule is CNC(=O)c1ncc(Cl)cc1B1OC(C)(C)C(C)(C)O1. The number of aromatic nitrogens is 1. The Kier molecular flexibility index (Phi) is 3.84. The van der Waals surface area contributed by atoms with Crippen LogP contribution in [0.1, 0.15) is 38.2 Å². The van der Waals surface area contributed by atoms with Gasteiger partial charge in [-0.2, -0.15) is 0 Å². The number of rotatable bonds is 2. The van der Waals surface area contributed by atoms with Gasteiger partial charge >= 0.3 is 7.12 Å². The highest BCUT2D eigenvalue weighted by Crippen LogP contribution is 2.36. The minimum Gasteiger partial charge on any atom is -0.399 e. The average Bonchev–Trinajstić information content (AvgIpc) is 2.57. The van der Waals surface area contributed by atoms with Crippen molar-refractivity contribution in [3.63, 3.8) is 0 Å². The Bertz CT molecular complexity index is 532. The largest absolute Gasteiger partial charge is 0.497 e. The first kappa shape index (κ1) is 15.3. The lowest BCUT2D eigenvalue weighted by Gasteiger charge is -2.32. The number of nitrogens with one attached hydrogen (secondary N) is 1. The molecule has 1 aliphatic heterocycles. The smallest absolute Gasteiger partial charge is 0.399 e. The maximum Gasteiger partial charge on any atom is 0.497 e. The van der Waals surface area contributed by atoms with E-state index >= 15 is 0 Å². The van der Waals surface area contributed by atoms with Crippen LogP contribution >= 0.6 is 11.6 Å². The van der Waals surface area contributed by atoms with E-state index in [1.807, 2.05) is 27.7 Å². The molecule has 20 heavy (non-hydrogen) atoms. The topological polar surface area (TPSA) is 60.5 Å². The zero-order valence-corrected chi connectivity index (χ0v) is 13.0. The first-order valence-electron chi connectivity index (χ1n) is 6.41. The Morgan fingerprint density at radius 1 is 1.30 bits per heavy atom. The van der Waals surface area contributed by atoms with Crippen LogP contribution in [0.4, 0.5) is 0 Å². The Hall–Kier alpha value is -1.11. The Morgan fingerprint density at radius 2 is 1.85 bits per heavy atom. The molecule has 1 aromatic rings. The van der Waals surface area contributed by atoms with E-state index in [4.69, 9.17) is 20.9 Å². The molecule has 0 saturated carbocycles. The van der Waals surface area contributed by atoms with Crippen molar-refractivity contribution in [3.05, 3.63) is 23.0 Å². The van der Waals surface area contributed by atoms with E-state index in [0.717, 1.165) is 0 Å². The van der Waals surface area contributed by atoms with Crippen molar-refractivity contribution >= 4 is 30.1 Å². The summed E-state index contributed by atoms with van der Waals surface area (Å²) in [4.78, 5) is 16.0. The average molecular weight is 297 g/mol. The number of amides is 1. The Morgan fingerprint density at radius 3 is 2.35 bits per heavy atom. The lowest BCUT2D eigenvalue weighted by atomic mass is 9.77. The Balaban J connectivity index is 2.44. The van der Waals surface area contributed by atoms with Crippen LogP contribution in [0.5, 0.6) is 0 Å². The van der Waals surface area contributed by atoms with E-state index in [1.165, 1.54) is 6.20 Å². The zero-order valence-electron chi connectivity index (χ0n) is 12.3. The number of nitrogens with zero attached hydrogens (tertiary/aromatic N) is 1. The number of hydrogen-bond donors (Lipinski definition) is 1. The van der Waals surface area contributed by atoms with Gasteiger partial charge < -0.3 is 14.6 Å². The zero-order chi connectivity index (χ0) is 15.1. The summed E-state index contributed by atoms with van der Waals surface area (Å²) in [5, 5.41) is 2.98. The van der Waals surface area contributed by atoms with Gasteiger partial charge in [-0.15, -0.1) is 0 Å². The molecule has 2 heterocycles. The van der Waals surface area contributed by atoms with E-state index in [-0.39, 0.29) is 11.6 Å². The van der Waals surface area contributed by atoms with Crippen LogP contribution < -0.4 is 10.8 Å². The first-order valence-corrected chi connectivity index (χ1v) is 6.79. The third kappa shape index (κ3) is 2.55. The van der Waals surface area contributed by atoms with Crippen molar-refractivity contribution in [2.24, 2.45) is 0 Å². The molecule has 0 aromatic carbocycles. The number of carbonyl (C=O) groups excluding carboxylic acids is 1. The van der Waals surface area contributed by atoms with Gasteiger partial charge in [0.25, 0.3) is 5.91 Å². The molecule has 1 aliphatic rings. The minimum atomic E-state index is -0.668. The van der Waals surface area contributed by atoms with Crippen LogP contribution in [0.2, 0.25) is 5.02 Å². The van der Waals surface area contributed by atoms with Gasteiger partial charge in [-0.25, -0.2) is 4.98 Å². The maximum atomic E-state index is 11.9. The molecule has 108 valence electrons.